The molecular formula is C13H13N3O3S. The maximum Gasteiger partial charge on any atom is 0.292 e. The highest BCUT2D eigenvalue weighted by molar-refractivity contribution is 7.10. The number of nitrogen functional groups attached to an aromatic ring is 1. The third kappa shape index (κ3) is 2.94. The standard InChI is InChI=1S/C13H13N3O3S/c1-8(12-3-2-6-20-12)15-13(17)9-4-5-11(16(18)19)10(14)7-9/h2-8H,14H2,1H3,(H,15,17). The van der Waals surface area contributed by atoms with Gasteiger partial charge in [-0.2, -0.15) is 0 Å². The first kappa shape index (κ1) is 14.0. The molecule has 0 aliphatic carbocycles. The van der Waals surface area contributed by atoms with Gasteiger partial charge in [-0.15, -0.1) is 11.3 Å². The van der Waals surface area contributed by atoms with E-state index in [0.717, 1.165) is 4.88 Å². The van der Waals surface area contributed by atoms with Crippen LogP contribution >= 0.6 is 11.3 Å². The van der Waals surface area contributed by atoms with Gasteiger partial charge in [0.25, 0.3) is 11.6 Å². The van der Waals surface area contributed by atoms with Crippen LogP contribution in [0.1, 0.15) is 28.2 Å². The first-order chi connectivity index (χ1) is 9.49. The fraction of sp³-hybridized carbons (Fsp3) is 0.154. The number of thiophene rings is 1. The fourth-order valence-electron chi connectivity index (χ4n) is 1.75. The molecule has 1 aromatic heterocycles. The minimum atomic E-state index is -0.578. The number of carbonyl (C=O) groups is 1. The topological polar surface area (TPSA) is 98.3 Å². The second-order valence-electron chi connectivity index (χ2n) is 4.24. The van der Waals surface area contributed by atoms with Gasteiger partial charge < -0.3 is 11.1 Å². The van der Waals surface area contributed by atoms with Crippen molar-refractivity contribution in [2.45, 2.75) is 13.0 Å². The van der Waals surface area contributed by atoms with Crippen molar-refractivity contribution in [2.24, 2.45) is 0 Å². The Labute approximate surface area is 119 Å². The molecule has 7 heteroatoms. The average Bonchev–Trinajstić information content (AvgIpc) is 2.91. The normalized spacial score (nSPS) is 11.8. The van der Waals surface area contributed by atoms with Crippen LogP contribution < -0.4 is 11.1 Å². The van der Waals surface area contributed by atoms with E-state index >= 15 is 0 Å². The van der Waals surface area contributed by atoms with Crippen molar-refractivity contribution < 1.29 is 9.72 Å². The molecule has 2 rings (SSSR count). The van der Waals surface area contributed by atoms with Gasteiger partial charge in [-0.25, -0.2) is 0 Å². The summed E-state index contributed by atoms with van der Waals surface area (Å²) in [6.45, 7) is 1.87. The molecule has 0 fully saturated rings. The Hall–Kier alpha value is -2.41. The highest BCUT2D eigenvalue weighted by Gasteiger charge is 2.16. The summed E-state index contributed by atoms with van der Waals surface area (Å²) in [5.74, 6) is -0.313. The third-order valence-electron chi connectivity index (χ3n) is 2.80. The van der Waals surface area contributed by atoms with E-state index in [1.807, 2.05) is 24.4 Å². The van der Waals surface area contributed by atoms with Gasteiger partial charge in [-0.3, -0.25) is 14.9 Å². The fourth-order valence-corrected chi connectivity index (χ4v) is 2.49. The molecule has 6 nitrogen and oxygen atoms in total. The number of nitrogens with two attached hydrogens (primary N) is 1. The number of nitro groups is 1. The number of nitro benzene ring substituents is 1. The van der Waals surface area contributed by atoms with Crippen LogP contribution in [-0.2, 0) is 0 Å². The Morgan fingerprint density at radius 3 is 2.75 bits per heavy atom. The number of amides is 1. The van der Waals surface area contributed by atoms with Gasteiger partial charge in [0.15, 0.2) is 0 Å². The Bertz CT molecular complexity index is 640. The predicted octanol–water partition coefficient (Wildman–Crippen LogP) is 2.73. The summed E-state index contributed by atoms with van der Waals surface area (Å²) in [4.78, 5) is 23.2. The zero-order valence-electron chi connectivity index (χ0n) is 10.7. The molecule has 1 heterocycles. The average molecular weight is 291 g/mol. The van der Waals surface area contributed by atoms with Crippen LogP contribution in [-0.4, -0.2) is 10.8 Å². The highest BCUT2D eigenvalue weighted by atomic mass is 32.1. The van der Waals surface area contributed by atoms with Crippen molar-refractivity contribution in [3.05, 3.63) is 56.3 Å². The van der Waals surface area contributed by atoms with Gasteiger partial charge in [-0.05, 0) is 30.5 Å². The summed E-state index contributed by atoms with van der Waals surface area (Å²) >= 11 is 1.55. The van der Waals surface area contributed by atoms with Crippen LogP contribution in [0.4, 0.5) is 11.4 Å². The second-order valence-corrected chi connectivity index (χ2v) is 5.22. The lowest BCUT2D eigenvalue weighted by molar-refractivity contribution is -0.383. The van der Waals surface area contributed by atoms with Crippen LogP contribution in [0.15, 0.2) is 35.7 Å². The lowest BCUT2D eigenvalue weighted by Gasteiger charge is -2.12. The van der Waals surface area contributed by atoms with Crippen LogP contribution in [0.3, 0.4) is 0 Å². The zero-order valence-corrected chi connectivity index (χ0v) is 11.5. The van der Waals surface area contributed by atoms with Crippen LogP contribution in [0.5, 0.6) is 0 Å². The Kier molecular flexibility index (Phi) is 3.99. The first-order valence-electron chi connectivity index (χ1n) is 5.87. The Morgan fingerprint density at radius 2 is 2.20 bits per heavy atom. The molecule has 3 N–H and O–H groups in total. The van der Waals surface area contributed by atoms with E-state index in [0.29, 0.717) is 5.56 Å². The molecule has 0 saturated heterocycles. The molecule has 20 heavy (non-hydrogen) atoms. The van der Waals surface area contributed by atoms with Gasteiger partial charge in [0.05, 0.1) is 11.0 Å². The van der Waals surface area contributed by atoms with E-state index in [2.05, 4.69) is 5.32 Å². The number of nitrogens with one attached hydrogen (secondary N) is 1. The Morgan fingerprint density at radius 1 is 1.45 bits per heavy atom. The molecule has 1 amide bonds. The number of carbonyl (C=O) groups excluding carboxylic acids is 1. The number of hydrogen-bond donors (Lipinski definition) is 2. The summed E-state index contributed by atoms with van der Waals surface area (Å²) in [6.07, 6.45) is 0. The molecule has 0 bridgehead atoms. The largest absolute Gasteiger partial charge is 0.393 e. The van der Waals surface area contributed by atoms with Crippen molar-refractivity contribution >= 4 is 28.6 Å². The van der Waals surface area contributed by atoms with Gasteiger partial charge in [0, 0.05) is 16.5 Å². The summed E-state index contributed by atoms with van der Waals surface area (Å²) in [5, 5.41) is 15.4. The van der Waals surface area contributed by atoms with E-state index in [1.165, 1.54) is 18.2 Å². The number of benzene rings is 1. The molecule has 0 spiro atoms. The third-order valence-corrected chi connectivity index (χ3v) is 3.86. The SMILES string of the molecule is CC(NC(=O)c1ccc([N+](=O)[O-])c(N)c1)c1cccs1. The first-order valence-corrected chi connectivity index (χ1v) is 6.75. The molecule has 2 aromatic rings. The quantitative estimate of drug-likeness (QED) is 0.514. The lowest BCUT2D eigenvalue weighted by atomic mass is 10.1. The van der Waals surface area contributed by atoms with Gasteiger partial charge in [0.1, 0.15) is 5.69 Å². The van der Waals surface area contributed by atoms with E-state index in [1.54, 1.807) is 11.3 Å². The number of rotatable bonds is 4. The minimum Gasteiger partial charge on any atom is -0.393 e. The monoisotopic (exact) mass is 291 g/mol. The molecule has 0 radical (unpaired) electrons. The van der Waals surface area contributed by atoms with Gasteiger partial charge in [-0.1, -0.05) is 6.07 Å². The molecule has 1 unspecified atom stereocenters. The van der Waals surface area contributed by atoms with Crippen molar-refractivity contribution in [1.29, 1.82) is 0 Å². The van der Waals surface area contributed by atoms with Crippen molar-refractivity contribution in [3.63, 3.8) is 0 Å². The van der Waals surface area contributed by atoms with Crippen molar-refractivity contribution in [2.75, 3.05) is 5.73 Å². The number of nitrogens with zero attached hydrogens (tertiary/aromatic N) is 1. The maximum atomic E-state index is 12.1. The smallest absolute Gasteiger partial charge is 0.292 e. The van der Waals surface area contributed by atoms with E-state index in [4.69, 9.17) is 5.73 Å². The van der Waals surface area contributed by atoms with Gasteiger partial charge in [0.2, 0.25) is 0 Å². The second kappa shape index (κ2) is 5.70. The summed E-state index contributed by atoms with van der Waals surface area (Å²) in [5.41, 5.74) is 5.65. The molecule has 104 valence electrons. The van der Waals surface area contributed by atoms with E-state index in [-0.39, 0.29) is 23.3 Å². The molecule has 1 atom stereocenters. The summed E-state index contributed by atoms with van der Waals surface area (Å²) < 4.78 is 0. The van der Waals surface area contributed by atoms with Gasteiger partial charge >= 0.3 is 0 Å². The number of hydrogen-bond acceptors (Lipinski definition) is 5. The highest BCUT2D eigenvalue weighted by Crippen LogP contribution is 2.23. The van der Waals surface area contributed by atoms with E-state index in [9.17, 15) is 14.9 Å². The summed E-state index contributed by atoms with van der Waals surface area (Å²) in [6, 6.07) is 7.66. The van der Waals surface area contributed by atoms with E-state index < -0.39 is 4.92 Å². The zero-order chi connectivity index (χ0) is 14.7. The van der Waals surface area contributed by atoms with Crippen molar-refractivity contribution in [1.82, 2.24) is 5.32 Å². The van der Waals surface area contributed by atoms with Crippen molar-refractivity contribution in [3.8, 4) is 0 Å². The van der Waals surface area contributed by atoms with Crippen LogP contribution in [0, 0.1) is 10.1 Å². The number of anilines is 1. The summed E-state index contributed by atoms with van der Waals surface area (Å²) in [7, 11) is 0. The molecule has 1 aromatic carbocycles. The Balaban J connectivity index is 2.14. The maximum absolute atomic E-state index is 12.1. The predicted molar refractivity (Wildman–Crippen MR) is 77.7 cm³/mol. The van der Waals surface area contributed by atoms with Crippen LogP contribution in [0.2, 0.25) is 0 Å². The molecule has 0 saturated carbocycles. The molecular weight excluding hydrogens is 278 g/mol. The molecule has 0 aliphatic rings. The van der Waals surface area contributed by atoms with Crippen LogP contribution in [0.25, 0.3) is 0 Å². The molecule has 0 aliphatic heterocycles. The lowest BCUT2D eigenvalue weighted by Crippen LogP contribution is -2.26. The minimum absolute atomic E-state index is 0.0218.